The maximum atomic E-state index is 5.80. The summed E-state index contributed by atoms with van der Waals surface area (Å²) in [7, 11) is 4.30. The number of likely N-dealkylation sites (N-methyl/N-ethyl adjacent to an activating group) is 1. The number of nitrogens with zero attached hydrogens (tertiary/aromatic N) is 2. The van der Waals surface area contributed by atoms with Crippen LogP contribution in [-0.2, 0) is 5.41 Å². The van der Waals surface area contributed by atoms with Crippen LogP contribution in [0.4, 0.5) is 5.69 Å². The third-order valence-corrected chi connectivity index (χ3v) is 4.31. The molecule has 0 radical (unpaired) electrons. The molecule has 1 fully saturated rings. The molecule has 1 aromatic carbocycles. The predicted molar refractivity (Wildman–Crippen MR) is 87.1 cm³/mol. The summed E-state index contributed by atoms with van der Waals surface area (Å²) in [5, 5.41) is 0. The van der Waals surface area contributed by atoms with E-state index in [4.69, 9.17) is 5.73 Å². The Kier molecular flexibility index (Phi) is 5.06. The lowest BCUT2D eigenvalue weighted by molar-refractivity contribution is 0.223. The zero-order valence-corrected chi connectivity index (χ0v) is 13.2. The topological polar surface area (TPSA) is 32.5 Å². The van der Waals surface area contributed by atoms with Crippen molar-refractivity contribution in [2.45, 2.75) is 31.6 Å². The van der Waals surface area contributed by atoms with Crippen molar-refractivity contribution in [1.29, 1.82) is 0 Å². The van der Waals surface area contributed by atoms with Crippen molar-refractivity contribution >= 4 is 5.69 Å². The van der Waals surface area contributed by atoms with Crippen molar-refractivity contribution in [2.75, 3.05) is 46.0 Å². The molecule has 20 heavy (non-hydrogen) atoms. The lowest BCUT2D eigenvalue weighted by Crippen LogP contribution is -2.37. The van der Waals surface area contributed by atoms with Gasteiger partial charge in [0.05, 0.1) is 0 Å². The highest BCUT2D eigenvalue weighted by Crippen LogP contribution is 2.48. The molecule has 1 aliphatic rings. The monoisotopic (exact) mass is 275 g/mol. The van der Waals surface area contributed by atoms with Gasteiger partial charge in [0.25, 0.3) is 0 Å². The maximum Gasteiger partial charge on any atom is 0.0314 e. The maximum absolute atomic E-state index is 5.80. The lowest BCUT2D eigenvalue weighted by Gasteiger charge is -2.28. The number of benzene rings is 1. The fraction of sp³-hybridized carbons (Fsp3) is 0.647. The second-order valence-electron chi connectivity index (χ2n) is 6.48. The van der Waals surface area contributed by atoms with Gasteiger partial charge in [0.2, 0.25) is 0 Å². The fourth-order valence-corrected chi connectivity index (χ4v) is 2.88. The van der Waals surface area contributed by atoms with E-state index in [-0.39, 0.29) is 0 Å². The van der Waals surface area contributed by atoms with Crippen LogP contribution in [0.2, 0.25) is 0 Å². The summed E-state index contributed by atoms with van der Waals surface area (Å²) in [6.07, 6.45) is 3.86. The van der Waals surface area contributed by atoms with E-state index < -0.39 is 0 Å². The molecule has 0 saturated heterocycles. The Morgan fingerprint density at radius 2 is 1.70 bits per heavy atom. The van der Waals surface area contributed by atoms with E-state index in [0.717, 1.165) is 18.8 Å². The summed E-state index contributed by atoms with van der Waals surface area (Å²) in [5.41, 5.74) is 8.54. The second kappa shape index (κ2) is 6.59. The highest BCUT2D eigenvalue weighted by molar-refractivity contribution is 5.43. The van der Waals surface area contributed by atoms with Gasteiger partial charge in [-0.3, -0.25) is 0 Å². The molecular formula is C17H29N3. The molecule has 0 bridgehead atoms. The van der Waals surface area contributed by atoms with Gasteiger partial charge in [-0.1, -0.05) is 19.1 Å². The molecule has 0 amide bonds. The van der Waals surface area contributed by atoms with Gasteiger partial charge in [0, 0.05) is 30.7 Å². The molecule has 0 atom stereocenters. The molecule has 2 N–H and O–H groups in total. The second-order valence-corrected chi connectivity index (χ2v) is 6.48. The average Bonchev–Trinajstić information content (AvgIpc) is 3.18. The van der Waals surface area contributed by atoms with Gasteiger partial charge in [-0.05, 0) is 57.6 Å². The molecule has 3 heteroatoms. The van der Waals surface area contributed by atoms with Crippen molar-refractivity contribution in [2.24, 2.45) is 0 Å². The Balaban J connectivity index is 1.99. The number of hydrogen-bond donors (Lipinski definition) is 1. The number of anilines is 1. The van der Waals surface area contributed by atoms with Gasteiger partial charge >= 0.3 is 0 Å². The zero-order valence-electron chi connectivity index (χ0n) is 13.2. The van der Waals surface area contributed by atoms with Crippen LogP contribution in [-0.4, -0.2) is 50.1 Å². The quantitative estimate of drug-likeness (QED) is 0.740. The number of nitrogens with two attached hydrogens (primary N) is 1. The van der Waals surface area contributed by atoms with E-state index in [9.17, 15) is 0 Å². The van der Waals surface area contributed by atoms with Crippen LogP contribution in [0, 0.1) is 0 Å². The predicted octanol–water partition coefficient (Wildman–Crippen LogP) is 2.57. The molecule has 1 aliphatic carbocycles. The molecule has 0 aromatic heterocycles. The fourth-order valence-electron chi connectivity index (χ4n) is 2.88. The van der Waals surface area contributed by atoms with E-state index >= 15 is 0 Å². The number of hydrogen-bond acceptors (Lipinski definition) is 3. The van der Waals surface area contributed by atoms with Gasteiger partial charge in [-0.2, -0.15) is 0 Å². The molecule has 2 rings (SSSR count). The Bertz CT molecular complexity index is 407. The van der Waals surface area contributed by atoms with E-state index in [1.54, 1.807) is 0 Å². The molecule has 1 aromatic rings. The largest absolute Gasteiger partial charge is 0.399 e. The summed E-state index contributed by atoms with van der Waals surface area (Å²) in [6.45, 7) is 6.96. The Hall–Kier alpha value is -1.06. The normalized spacial score (nSPS) is 16.9. The molecule has 3 nitrogen and oxygen atoms in total. The summed E-state index contributed by atoms with van der Waals surface area (Å²) >= 11 is 0. The molecule has 112 valence electrons. The molecule has 1 saturated carbocycles. The molecular weight excluding hydrogens is 246 g/mol. The van der Waals surface area contributed by atoms with Crippen LogP contribution in [0.25, 0.3) is 0 Å². The van der Waals surface area contributed by atoms with Crippen LogP contribution >= 0.6 is 0 Å². The van der Waals surface area contributed by atoms with E-state index in [1.165, 1.54) is 37.9 Å². The first-order valence-corrected chi connectivity index (χ1v) is 7.79. The third-order valence-electron chi connectivity index (χ3n) is 4.31. The van der Waals surface area contributed by atoms with Crippen LogP contribution in [0.1, 0.15) is 31.7 Å². The lowest BCUT2D eigenvalue weighted by atomic mass is 9.95. The Morgan fingerprint density at radius 1 is 1.05 bits per heavy atom. The highest BCUT2D eigenvalue weighted by Gasteiger charge is 2.45. The van der Waals surface area contributed by atoms with Crippen LogP contribution in [0.5, 0.6) is 0 Å². The summed E-state index contributed by atoms with van der Waals surface area (Å²) in [5.74, 6) is 0. The van der Waals surface area contributed by atoms with Crippen LogP contribution < -0.4 is 5.73 Å². The molecule has 0 unspecified atom stereocenters. The molecule has 0 heterocycles. The first-order valence-electron chi connectivity index (χ1n) is 7.79. The summed E-state index contributed by atoms with van der Waals surface area (Å²) < 4.78 is 0. The Labute approximate surface area is 123 Å². The average molecular weight is 275 g/mol. The van der Waals surface area contributed by atoms with Crippen LogP contribution in [0.15, 0.2) is 24.3 Å². The minimum Gasteiger partial charge on any atom is -0.399 e. The Morgan fingerprint density at radius 3 is 2.20 bits per heavy atom. The first-order chi connectivity index (χ1) is 9.55. The SMILES string of the molecule is CCCN(CCN(C)C)CC1(c2ccc(N)cc2)CC1. The standard InChI is InChI=1S/C17H29N3/c1-4-11-20(13-12-19(2)3)14-17(9-10-17)15-5-7-16(18)8-6-15/h5-8H,4,9-14,18H2,1-3H3. The smallest absolute Gasteiger partial charge is 0.0314 e. The van der Waals surface area contributed by atoms with E-state index in [1.807, 2.05) is 12.1 Å². The van der Waals surface area contributed by atoms with Gasteiger partial charge in [0.15, 0.2) is 0 Å². The van der Waals surface area contributed by atoms with Crippen molar-refractivity contribution in [1.82, 2.24) is 9.80 Å². The van der Waals surface area contributed by atoms with Gasteiger partial charge in [0.1, 0.15) is 0 Å². The number of rotatable bonds is 8. The van der Waals surface area contributed by atoms with Gasteiger partial charge in [-0.15, -0.1) is 0 Å². The van der Waals surface area contributed by atoms with Crippen molar-refractivity contribution in [3.63, 3.8) is 0 Å². The summed E-state index contributed by atoms with van der Waals surface area (Å²) in [6, 6.07) is 8.52. The van der Waals surface area contributed by atoms with Gasteiger partial charge < -0.3 is 15.5 Å². The molecule has 0 spiro atoms. The minimum absolute atomic E-state index is 0.398. The van der Waals surface area contributed by atoms with E-state index in [0.29, 0.717) is 5.41 Å². The highest BCUT2D eigenvalue weighted by atomic mass is 15.2. The number of nitrogen functional groups attached to an aromatic ring is 1. The van der Waals surface area contributed by atoms with Crippen molar-refractivity contribution in [3.05, 3.63) is 29.8 Å². The van der Waals surface area contributed by atoms with Gasteiger partial charge in [-0.25, -0.2) is 0 Å². The third kappa shape index (κ3) is 3.97. The van der Waals surface area contributed by atoms with Crippen molar-refractivity contribution < 1.29 is 0 Å². The summed E-state index contributed by atoms with van der Waals surface area (Å²) in [4.78, 5) is 4.90. The zero-order chi connectivity index (χ0) is 14.6. The first kappa shape index (κ1) is 15.3. The minimum atomic E-state index is 0.398. The van der Waals surface area contributed by atoms with Crippen molar-refractivity contribution in [3.8, 4) is 0 Å². The van der Waals surface area contributed by atoms with E-state index in [2.05, 4.69) is 43.0 Å². The molecule has 0 aliphatic heterocycles. The van der Waals surface area contributed by atoms with Crippen LogP contribution in [0.3, 0.4) is 0 Å².